The molecule has 2 aromatic rings. The summed E-state index contributed by atoms with van der Waals surface area (Å²) in [6.07, 6.45) is 0.927. The molecule has 0 saturated carbocycles. The molecule has 0 bridgehead atoms. The zero-order valence-electron chi connectivity index (χ0n) is 10.7. The smallest absolute Gasteiger partial charge is 0.254 e. The lowest BCUT2D eigenvalue weighted by molar-refractivity contribution is 0.0727. The predicted octanol–water partition coefficient (Wildman–Crippen LogP) is 2.47. The highest BCUT2D eigenvalue weighted by Crippen LogP contribution is 2.20. The van der Waals surface area contributed by atoms with Gasteiger partial charge in [-0.15, -0.1) is 0 Å². The molecule has 0 aromatic heterocycles. The molecule has 3 heteroatoms. The van der Waals surface area contributed by atoms with Gasteiger partial charge in [0.2, 0.25) is 0 Å². The fourth-order valence-electron chi connectivity index (χ4n) is 2.47. The Hall–Kier alpha value is -2.29. The lowest BCUT2D eigenvalue weighted by atomic mass is 9.99. The van der Waals surface area contributed by atoms with Gasteiger partial charge in [-0.25, -0.2) is 0 Å². The molecule has 0 spiro atoms. The maximum Gasteiger partial charge on any atom is 0.254 e. The summed E-state index contributed by atoms with van der Waals surface area (Å²) in [4.78, 5) is 14.3. The van der Waals surface area contributed by atoms with Crippen LogP contribution in [0.2, 0.25) is 0 Å². The fourth-order valence-corrected chi connectivity index (χ4v) is 2.47. The molecular formula is C16H16N2O. The number of carbonyl (C=O) groups excluding carboxylic acids is 1. The molecular weight excluding hydrogens is 236 g/mol. The van der Waals surface area contributed by atoms with Crippen LogP contribution in [0.1, 0.15) is 21.5 Å². The summed E-state index contributed by atoms with van der Waals surface area (Å²) in [6, 6.07) is 15.5. The molecule has 0 radical (unpaired) electrons. The van der Waals surface area contributed by atoms with Crippen molar-refractivity contribution >= 4 is 11.6 Å². The quantitative estimate of drug-likeness (QED) is 0.835. The zero-order valence-corrected chi connectivity index (χ0v) is 10.7. The first-order valence-corrected chi connectivity index (χ1v) is 6.45. The second kappa shape index (κ2) is 4.76. The normalized spacial score (nSPS) is 14.3. The Morgan fingerprint density at radius 1 is 1.05 bits per heavy atom. The van der Waals surface area contributed by atoms with Crippen molar-refractivity contribution < 1.29 is 4.79 Å². The molecule has 96 valence electrons. The van der Waals surface area contributed by atoms with E-state index < -0.39 is 0 Å². The number of rotatable bonds is 2. The Kier molecular flexibility index (Phi) is 2.95. The largest absolute Gasteiger partial charge is 0.399 e. The molecule has 1 aliphatic rings. The number of hydrogen-bond acceptors (Lipinski definition) is 2. The minimum Gasteiger partial charge on any atom is -0.399 e. The molecule has 1 amide bonds. The number of nitrogen functional groups attached to an aromatic ring is 1. The van der Waals surface area contributed by atoms with Crippen LogP contribution in [-0.2, 0) is 13.0 Å². The lowest BCUT2D eigenvalue weighted by Crippen LogP contribution is -2.36. The zero-order chi connectivity index (χ0) is 13.2. The molecule has 19 heavy (non-hydrogen) atoms. The molecule has 3 rings (SSSR count). The Morgan fingerprint density at radius 2 is 1.79 bits per heavy atom. The molecule has 1 heterocycles. The van der Waals surface area contributed by atoms with Gasteiger partial charge >= 0.3 is 0 Å². The van der Waals surface area contributed by atoms with Crippen molar-refractivity contribution in [2.75, 3.05) is 12.3 Å². The van der Waals surface area contributed by atoms with Crippen LogP contribution < -0.4 is 5.73 Å². The number of carbonyl (C=O) groups is 1. The Labute approximate surface area is 112 Å². The van der Waals surface area contributed by atoms with Gasteiger partial charge in [0.1, 0.15) is 0 Å². The monoisotopic (exact) mass is 252 g/mol. The van der Waals surface area contributed by atoms with Crippen LogP contribution in [0.4, 0.5) is 5.69 Å². The Morgan fingerprint density at radius 3 is 2.58 bits per heavy atom. The van der Waals surface area contributed by atoms with Crippen molar-refractivity contribution in [1.82, 2.24) is 4.90 Å². The number of nitrogens with two attached hydrogens (primary N) is 1. The molecule has 2 N–H and O–H groups in total. The predicted molar refractivity (Wildman–Crippen MR) is 75.7 cm³/mol. The van der Waals surface area contributed by atoms with E-state index in [1.165, 1.54) is 0 Å². The maximum absolute atomic E-state index is 12.4. The maximum atomic E-state index is 12.4. The standard InChI is InChI=1S/C16H16N2O/c17-14-7-5-12(6-8-14)11-18-10-9-13-3-1-2-4-15(13)16(18)19/h1-8H,9-11,17H2. The Bertz CT molecular complexity index is 604. The van der Waals surface area contributed by atoms with E-state index in [-0.39, 0.29) is 5.91 Å². The first-order valence-electron chi connectivity index (χ1n) is 6.45. The number of hydrogen-bond donors (Lipinski definition) is 1. The summed E-state index contributed by atoms with van der Waals surface area (Å²) in [7, 11) is 0. The van der Waals surface area contributed by atoms with E-state index in [4.69, 9.17) is 5.73 Å². The average Bonchev–Trinajstić information content (AvgIpc) is 2.45. The Balaban J connectivity index is 1.81. The highest BCUT2D eigenvalue weighted by molar-refractivity contribution is 5.96. The molecule has 1 aliphatic heterocycles. The van der Waals surface area contributed by atoms with E-state index in [9.17, 15) is 4.79 Å². The first-order chi connectivity index (χ1) is 9.24. The molecule has 0 fully saturated rings. The van der Waals surface area contributed by atoms with Crippen LogP contribution >= 0.6 is 0 Å². The topological polar surface area (TPSA) is 46.3 Å². The second-order valence-corrected chi connectivity index (χ2v) is 4.88. The van der Waals surface area contributed by atoms with Gasteiger partial charge in [-0.2, -0.15) is 0 Å². The van der Waals surface area contributed by atoms with E-state index in [1.807, 2.05) is 53.4 Å². The third-order valence-electron chi connectivity index (χ3n) is 3.54. The number of nitrogens with zero attached hydrogens (tertiary/aromatic N) is 1. The SMILES string of the molecule is Nc1ccc(CN2CCc3ccccc3C2=O)cc1. The summed E-state index contributed by atoms with van der Waals surface area (Å²) in [5.74, 6) is 0.124. The summed E-state index contributed by atoms with van der Waals surface area (Å²) in [5, 5.41) is 0. The van der Waals surface area contributed by atoms with Gasteiger partial charge in [0.25, 0.3) is 5.91 Å². The highest BCUT2D eigenvalue weighted by atomic mass is 16.2. The fraction of sp³-hybridized carbons (Fsp3) is 0.188. The summed E-state index contributed by atoms with van der Waals surface area (Å²) in [6.45, 7) is 1.42. The molecule has 0 saturated heterocycles. The number of anilines is 1. The van der Waals surface area contributed by atoms with Gasteiger partial charge in [-0.05, 0) is 35.7 Å². The van der Waals surface area contributed by atoms with Gasteiger partial charge in [-0.1, -0.05) is 30.3 Å². The van der Waals surface area contributed by atoms with Crippen molar-refractivity contribution in [3.8, 4) is 0 Å². The molecule has 0 atom stereocenters. The van der Waals surface area contributed by atoms with Gasteiger partial charge in [0.15, 0.2) is 0 Å². The average molecular weight is 252 g/mol. The van der Waals surface area contributed by atoms with E-state index in [2.05, 4.69) is 0 Å². The number of benzene rings is 2. The second-order valence-electron chi connectivity index (χ2n) is 4.88. The lowest BCUT2D eigenvalue weighted by Gasteiger charge is -2.28. The van der Waals surface area contributed by atoms with Crippen molar-refractivity contribution in [2.24, 2.45) is 0 Å². The van der Waals surface area contributed by atoms with Crippen LogP contribution in [-0.4, -0.2) is 17.4 Å². The van der Waals surface area contributed by atoms with E-state index in [0.29, 0.717) is 6.54 Å². The first kappa shape index (κ1) is 11.8. The minimum absolute atomic E-state index is 0.124. The van der Waals surface area contributed by atoms with Crippen molar-refractivity contribution in [1.29, 1.82) is 0 Å². The third kappa shape index (κ3) is 2.32. The van der Waals surface area contributed by atoms with Crippen LogP contribution in [0.25, 0.3) is 0 Å². The van der Waals surface area contributed by atoms with Crippen LogP contribution in [0.15, 0.2) is 48.5 Å². The molecule has 0 aliphatic carbocycles. The third-order valence-corrected chi connectivity index (χ3v) is 3.54. The summed E-state index contributed by atoms with van der Waals surface area (Å²) >= 11 is 0. The summed E-state index contributed by atoms with van der Waals surface area (Å²) < 4.78 is 0. The van der Waals surface area contributed by atoms with Crippen LogP contribution in [0.5, 0.6) is 0 Å². The summed E-state index contributed by atoms with van der Waals surface area (Å²) in [5.41, 5.74) is 9.52. The minimum atomic E-state index is 0.124. The highest BCUT2D eigenvalue weighted by Gasteiger charge is 2.23. The number of amides is 1. The van der Waals surface area contributed by atoms with E-state index in [0.717, 1.165) is 35.3 Å². The van der Waals surface area contributed by atoms with Gasteiger partial charge in [0.05, 0.1) is 0 Å². The van der Waals surface area contributed by atoms with E-state index >= 15 is 0 Å². The van der Waals surface area contributed by atoms with Crippen LogP contribution in [0.3, 0.4) is 0 Å². The molecule has 3 nitrogen and oxygen atoms in total. The van der Waals surface area contributed by atoms with E-state index in [1.54, 1.807) is 0 Å². The van der Waals surface area contributed by atoms with Crippen molar-refractivity contribution in [2.45, 2.75) is 13.0 Å². The van der Waals surface area contributed by atoms with Crippen molar-refractivity contribution in [3.05, 3.63) is 65.2 Å². The van der Waals surface area contributed by atoms with Crippen LogP contribution in [0, 0.1) is 0 Å². The van der Waals surface area contributed by atoms with Gasteiger partial charge in [0, 0.05) is 24.3 Å². The molecule has 0 unspecified atom stereocenters. The number of fused-ring (bicyclic) bond motifs is 1. The van der Waals surface area contributed by atoms with Crippen molar-refractivity contribution in [3.63, 3.8) is 0 Å². The van der Waals surface area contributed by atoms with Gasteiger partial charge < -0.3 is 10.6 Å². The molecule has 2 aromatic carbocycles. The van der Waals surface area contributed by atoms with Gasteiger partial charge in [-0.3, -0.25) is 4.79 Å².